The van der Waals surface area contributed by atoms with Crippen molar-refractivity contribution in [2.45, 2.75) is 50.0 Å². The first-order valence-electron chi connectivity index (χ1n) is 7.90. The predicted molar refractivity (Wildman–Crippen MR) is 86.8 cm³/mol. The molecule has 0 aromatic carbocycles. The summed E-state index contributed by atoms with van der Waals surface area (Å²) < 4.78 is 26.2. The molecule has 8 heteroatoms. The van der Waals surface area contributed by atoms with Crippen LogP contribution in [0.15, 0.2) is 23.2 Å². The van der Waals surface area contributed by atoms with Crippen LogP contribution in [0.1, 0.15) is 39.0 Å². The fourth-order valence-corrected chi connectivity index (χ4v) is 4.00. The van der Waals surface area contributed by atoms with Crippen molar-refractivity contribution in [3.05, 3.63) is 18.3 Å². The summed E-state index contributed by atoms with van der Waals surface area (Å²) >= 11 is 0. The van der Waals surface area contributed by atoms with E-state index in [2.05, 4.69) is 10.3 Å². The number of carboxylic acids is 1. The zero-order chi connectivity index (χ0) is 16.9. The molecule has 1 atom stereocenters. The molecule has 1 fully saturated rings. The Labute approximate surface area is 136 Å². The van der Waals surface area contributed by atoms with Gasteiger partial charge in [-0.1, -0.05) is 19.8 Å². The van der Waals surface area contributed by atoms with Gasteiger partial charge in [0.1, 0.15) is 16.8 Å². The predicted octanol–water partition coefficient (Wildman–Crippen LogP) is 1.92. The van der Waals surface area contributed by atoms with E-state index in [4.69, 9.17) is 0 Å². The number of unbranched alkanes of at least 4 members (excludes halogenated alkanes) is 1. The SMILES string of the molecule is CCCCC(Nc1ccc(S(=O)(=O)N2CCCC2)cn1)C(=O)O. The highest BCUT2D eigenvalue weighted by atomic mass is 32.2. The lowest BCUT2D eigenvalue weighted by atomic mass is 10.1. The third-order valence-electron chi connectivity index (χ3n) is 3.91. The summed E-state index contributed by atoms with van der Waals surface area (Å²) in [7, 11) is -3.49. The van der Waals surface area contributed by atoms with Crippen molar-refractivity contribution < 1.29 is 18.3 Å². The molecule has 0 saturated carbocycles. The Morgan fingerprint density at radius 3 is 2.61 bits per heavy atom. The second kappa shape index (κ2) is 7.74. The topological polar surface area (TPSA) is 99.6 Å². The lowest BCUT2D eigenvalue weighted by molar-refractivity contribution is -0.138. The first kappa shape index (κ1) is 17.7. The molecule has 1 aliphatic heterocycles. The second-order valence-electron chi connectivity index (χ2n) is 5.67. The molecule has 128 valence electrons. The largest absolute Gasteiger partial charge is 0.480 e. The Morgan fingerprint density at radius 2 is 2.09 bits per heavy atom. The van der Waals surface area contributed by atoms with Crippen LogP contribution >= 0.6 is 0 Å². The van der Waals surface area contributed by atoms with Gasteiger partial charge in [-0.3, -0.25) is 0 Å². The lowest BCUT2D eigenvalue weighted by Crippen LogP contribution is -2.30. The van der Waals surface area contributed by atoms with Crippen molar-refractivity contribution >= 4 is 21.8 Å². The minimum absolute atomic E-state index is 0.144. The molecule has 0 spiro atoms. The highest BCUT2D eigenvalue weighted by molar-refractivity contribution is 7.89. The maximum Gasteiger partial charge on any atom is 0.326 e. The molecule has 0 bridgehead atoms. The number of nitrogens with one attached hydrogen (secondary N) is 1. The van der Waals surface area contributed by atoms with E-state index < -0.39 is 22.0 Å². The van der Waals surface area contributed by atoms with Crippen molar-refractivity contribution in [1.82, 2.24) is 9.29 Å². The van der Waals surface area contributed by atoms with Crippen LogP contribution in [0.5, 0.6) is 0 Å². The van der Waals surface area contributed by atoms with E-state index in [1.807, 2.05) is 6.92 Å². The van der Waals surface area contributed by atoms with E-state index in [-0.39, 0.29) is 4.90 Å². The molecular formula is C15H23N3O4S. The molecule has 1 aromatic heterocycles. The van der Waals surface area contributed by atoms with Crippen molar-refractivity contribution in [1.29, 1.82) is 0 Å². The van der Waals surface area contributed by atoms with Crippen LogP contribution in [0, 0.1) is 0 Å². The van der Waals surface area contributed by atoms with Gasteiger partial charge in [0.25, 0.3) is 0 Å². The first-order valence-corrected chi connectivity index (χ1v) is 9.34. The van der Waals surface area contributed by atoms with Crippen LogP contribution in [-0.4, -0.2) is 47.9 Å². The van der Waals surface area contributed by atoms with E-state index in [1.165, 1.54) is 22.6 Å². The van der Waals surface area contributed by atoms with Crippen LogP contribution in [0.2, 0.25) is 0 Å². The number of nitrogens with zero attached hydrogens (tertiary/aromatic N) is 2. The highest BCUT2D eigenvalue weighted by Crippen LogP contribution is 2.21. The number of carboxylic acid groups (broad SMARTS) is 1. The van der Waals surface area contributed by atoms with Gasteiger partial charge in [0, 0.05) is 19.3 Å². The van der Waals surface area contributed by atoms with Gasteiger partial charge in [-0.15, -0.1) is 0 Å². The van der Waals surface area contributed by atoms with Gasteiger partial charge < -0.3 is 10.4 Å². The molecule has 2 heterocycles. The zero-order valence-corrected chi connectivity index (χ0v) is 14.1. The van der Waals surface area contributed by atoms with Gasteiger partial charge in [-0.2, -0.15) is 4.31 Å². The molecule has 2 N–H and O–H groups in total. The molecule has 1 aliphatic rings. The average Bonchev–Trinajstić information content (AvgIpc) is 3.07. The molecule has 1 unspecified atom stereocenters. The molecule has 0 radical (unpaired) electrons. The van der Waals surface area contributed by atoms with Gasteiger partial charge in [-0.25, -0.2) is 18.2 Å². The number of rotatable bonds is 8. The Hall–Kier alpha value is -1.67. The lowest BCUT2D eigenvalue weighted by Gasteiger charge is -2.17. The molecule has 7 nitrogen and oxygen atoms in total. The Kier molecular flexibility index (Phi) is 5.95. The van der Waals surface area contributed by atoms with E-state index in [1.54, 1.807) is 0 Å². The van der Waals surface area contributed by atoms with Gasteiger partial charge >= 0.3 is 5.97 Å². The zero-order valence-electron chi connectivity index (χ0n) is 13.2. The molecule has 1 saturated heterocycles. The average molecular weight is 341 g/mol. The van der Waals surface area contributed by atoms with E-state index in [0.717, 1.165) is 25.7 Å². The van der Waals surface area contributed by atoms with Gasteiger partial charge in [0.15, 0.2) is 0 Å². The van der Waals surface area contributed by atoms with Crippen LogP contribution in [0.3, 0.4) is 0 Å². The van der Waals surface area contributed by atoms with Crippen LogP contribution in [-0.2, 0) is 14.8 Å². The maximum absolute atomic E-state index is 12.4. The highest BCUT2D eigenvalue weighted by Gasteiger charge is 2.27. The summed E-state index contributed by atoms with van der Waals surface area (Å²) in [5, 5.41) is 12.0. The van der Waals surface area contributed by atoms with Crippen molar-refractivity contribution in [3.8, 4) is 0 Å². The second-order valence-corrected chi connectivity index (χ2v) is 7.61. The molecule has 0 aliphatic carbocycles. The van der Waals surface area contributed by atoms with Crippen LogP contribution in [0.4, 0.5) is 5.82 Å². The molecular weight excluding hydrogens is 318 g/mol. The Morgan fingerprint density at radius 1 is 1.39 bits per heavy atom. The standard InChI is InChI=1S/C15H23N3O4S/c1-2-3-6-13(15(19)20)17-14-8-7-12(11-16-14)23(21,22)18-9-4-5-10-18/h7-8,11,13H,2-6,9-10H2,1H3,(H,16,17)(H,19,20). The first-order chi connectivity index (χ1) is 10.9. The Bertz CT molecular complexity index is 625. The van der Waals surface area contributed by atoms with E-state index in [0.29, 0.717) is 25.3 Å². The van der Waals surface area contributed by atoms with Gasteiger partial charge in [-0.05, 0) is 31.4 Å². The number of pyridine rings is 1. The fourth-order valence-electron chi connectivity index (χ4n) is 2.54. The third-order valence-corrected chi connectivity index (χ3v) is 5.79. The minimum Gasteiger partial charge on any atom is -0.480 e. The normalized spacial score (nSPS) is 17.1. The number of aliphatic carboxylic acids is 1. The van der Waals surface area contributed by atoms with E-state index >= 15 is 0 Å². The Balaban J connectivity index is 2.08. The fraction of sp³-hybridized carbons (Fsp3) is 0.600. The third kappa shape index (κ3) is 4.42. The van der Waals surface area contributed by atoms with Crippen molar-refractivity contribution in [2.75, 3.05) is 18.4 Å². The molecule has 1 aromatic rings. The summed E-state index contributed by atoms with van der Waals surface area (Å²) in [4.78, 5) is 15.4. The van der Waals surface area contributed by atoms with Crippen molar-refractivity contribution in [3.63, 3.8) is 0 Å². The summed E-state index contributed by atoms with van der Waals surface area (Å²) in [6, 6.07) is 2.27. The number of carbonyl (C=O) groups is 1. The summed E-state index contributed by atoms with van der Waals surface area (Å²) in [6.45, 7) is 3.08. The summed E-state index contributed by atoms with van der Waals surface area (Å²) in [5.74, 6) is -0.567. The number of hydrogen-bond donors (Lipinski definition) is 2. The van der Waals surface area contributed by atoms with Gasteiger partial charge in [0.05, 0.1) is 0 Å². The molecule has 2 rings (SSSR count). The van der Waals surface area contributed by atoms with E-state index in [9.17, 15) is 18.3 Å². The summed E-state index contributed by atoms with van der Waals surface area (Å²) in [5.41, 5.74) is 0. The molecule has 0 amide bonds. The number of hydrogen-bond acceptors (Lipinski definition) is 5. The van der Waals surface area contributed by atoms with Crippen LogP contribution in [0.25, 0.3) is 0 Å². The quantitative estimate of drug-likeness (QED) is 0.749. The number of aromatic nitrogens is 1. The number of sulfonamides is 1. The maximum atomic E-state index is 12.4. The summed E-state index contributed by atoms with van der Waals surface area (Å²) in [6.07, 6.45) is 5.25. The molecule has 23 heavy (non-hydrogen) atoms. The number of anilines is 1. The van der Waals surface area contributed by atoms with Crippen molar-refractivity contribution in [2.24, 2.45) is 0 Å². The minimum atomic E-state index is -3.49. The smallest absolute Gasteiger partial charge is 0.326 e. The van der Waals surface area contributed by atoms with Gasteiger partial charge in [0.2, 0.25) is 10.0 Å². The monoisotopic (exact) mass is 341 g/mol. The van der Waals surface area contributed by atoms with Crippen LogP contribution < -0.4 is 5.32 Å².